The molecular weight excluding hydrogens is 282 g/mol. The molecule has 1 aliphatic heterocycles. The lowest BCUT2D eigenvalue weighted by Crippen LogP contribution is -2.49. The van der Waals surface area contributed by atoms with Crippen LogP contribution in [-0.2, 0) is 25.5 Å². The summed E-state index contributed by atoms with van der Waals surface area (Å²) < 4.78 is 10.2. The van der Waals surface area contributed by atoms with Crippen molar-refractivity contribution >= 4 is 11.7 Å². The number of methoxy groups -OCH3 is 1. The van der Waals surface area contributed by atoms with Crippen molar-refractivity contribution in [3.8, 4) is 0 Å². The van der Waals surface area contributed by atoms with Crippen LogP contribution in [0, 0.1) is 5.92 Å². The molecule has 0 spiro atoms. The fraction of sp³-hybridized carbons (Fsp3) is 0.529. The lowest BCUT2D eigenvalue weighted by atomic mass is 9.94. The van der Waals surface area contributed by atoms with E-state index in [1.807, 2.05) is 30.3 Å². The smallest absolute Gasteiger partial charge is 0.225 e. The highest BCUT2D eigenvalue weighted by Crippen LogP contribution is 2.29. The topological polar surface area (TPSA) is 67.9 Å². The van der Waals surface area contributed by atoms with Crippen molar-refractivity contribution in [1.29, 1.82) is 0 Å². The number of hydrogen-bond donors (Lipinski definition) is 1. The number of carbonyl (C=O) groups is 2. The summed E-state index contributed by atoms with van der Waals surface area (Å²) in [5.74, 6) is -0.557. The Balaban J connectivity index is 2.08. The van der Waals surface area contributed by atoms with Crippen molar-refractivity contribution in [1.82, 2.24) is 5.32 Å². The summed E-state index contributed by atoms with van der Waals surface area (Å²) in [6.07, 6.45) is 0.462. The van der Waals surface area contributed by atoms with Gasteiger partial charge in [-0.2, -0.15) is 0 Å². The van der Waals surface area contributed by atoms with Crippen LogP contribution in [-0.4, -0.2) is 43.7 Å². The van der Waals surface area contributed by atoms with E-state index in [1.165, 1.54) is 0 Å². The second kappa shape index (κ2) is 7.03. The van der Waals surface area contributed by atoms with Crippen LogP contribution in [0.25, 0.3) is 0 Å². The number of ketones is 1. The second-order valence-electron chi connectivity index (χ2n) is 5.99. The van der Waals surface area contributed by atoms with Crippen LogP contribution in [0.1, 0.15) is 19.4 Å². The minimum absolute atomic E-state index is 0.0747. The number of carbonyl (C=O) groups excluding carboxylic acids is 2. The number of rotatable bonds is 8. The lowest BCUT2D eigenvalue weighted by Gasteiger charge is -2.21. The van der Waals surface area contributed by atoms with Gasteiger partial charge in [0.25, 0.3) is 0 Å². The highest BCUT2D eigenvalue weighted by atomic mass is 16.6. The largest absolute Gasteiger partial charge is 0.384 e. The molecule has 2 rings (SSSR count). The molecule has 1 heterocycles. The van der Waals surface area contributed by atoms with E-state index in [1.54, 1.807) is 21.0 Å². The monoisotopic (exact) mass is 305 g/mol. The van der Waals surface area contributed by atoms with E-state index in [-0.39, 0.29) is 17.6 Å². The highest BCUT2D eigenvalue weighted by Gasteiger charge is 2.50. The van der Waals surface area contributed by atoms with E-state index in [0.717, 1.165) is 5.56 Å². The molecule has 1 saturated heterocycles. The number of epoxide rings is 1. The van der Waals surface area contributed by atoms with E-state index >= 15 is 0 Å². The van der Waals surface area contributed by atoms with Gasteiger partial charge in [0.2, 0.25) is 5.91 Å². The second-order valence-corrected chi connectivity index (χ2v) is 5.99. The van der Waals surface area contributed by atoms with E-state index in [4.69, 9.17) is 9.47 Å². The molecule has 0 aliphatic carbocycles. The van der Waals surface area contributed by atoms with E-state index in [2.05, 4.69) is 5.32 Å². The normalized spacial score (nSPS) is 22.7. The maximum absolute atomic E-state index is 12.6. The quantitative estimate of drug-likeness (QED) is 0.736. The van der Waals surface area contributed by atoms with E-state index < -0.39 is 11.6 Å². The number of amides is 1. The maximum atomic E-state index is 12.6. The number of Topliss-reactive ketones (excluding diaryl/α,β-unsaturated/α-hetero) is 1. The summed E-state index contributed by atoms with van der Waals surface area (Å²) in [6.45, 7) is 4.28. The molecule has 120 valence electrons. The Morgan fingerprint density at radius 1 is 1.36 bits per heavy atom. The number of nitrogens with one attached hydrogen (secondary N) is 1. The summed E-state index contributed by atoms with van der Waals surface area (Å²) in [5, 5.41) is 2.85. The Bertz CT molecular complexity index is 525. The van der Waals surface area contributed by atoms with Gasteiger partial charge in [-0.05, 0) is 18.9 Å². The molecule has 1 aromatic rings. The van der Waals surface area contributed by atoms with Crippen molar-refractivity contribution in [2.45, 2.75) is 31.9 Å². The van der Waals surface area contributed by atoms with Crippen LogP contribution >= 0.6 is 0 Å². The van der Waals surface area contributed by atoms with E-state index in [0.29, 0.717) is 19.6 Å². The van der Waals surface area contributed by atoms with Crippen molar-refractivity contribution < 1.29 is 19.1 Å². The van der Waals surface area contributed by atoms with Crippen molar-refractivity contribution in [2.75, 3.05) is 20.3 Å². The van der Waals surface area contributed by atoms with Crippen molar-refractivity contribution in [3.63, 3.8) is 0 Å². The fourth-order valence-corrected chi connectivity index (χ4v) is 2.32. The maximum Gasteiger partial charge on any atom is 0.225 e. The Hall–Kier alpha value is -1.72. The first-order chi connectivity index (χ1) is 10.5. The molecule has 0 bridgehead atoms. The Morgan fingerprint density at radius 2 is 2.00 bits per heavy atom. The first kappa shape index (κ1) is 16.6. The lowest BCUT2D eigenvalue weighted by molar-refractivity contribution is -0.132. The summed E-state index contributed by atoms with van der Waals surface area (Å²) >= 11 is 0. The van der Waals surface area contributed by atoms with Gasteiger partial charge < -0.3 is 14.8 Å². The highest BCUT2D eigenvalue weighted by molar-refractivity contribution is 5.96. The number of ether oxygens (including phenoxy) is 2. The van der Waals surface area contributed by atoms with Gasteiger partial charge in [-0.25, -0.2) is 0 Å². The van der Waals surface area contributed by atoms with Crippen LogP contribution in [0.4, 0.5) is 0 Å². The number of benzene rings is 1. The minimum Gasteiger partial charge on any atom is -0.384 e. The first-order valence-electron chi connectivity index (χ1n) is 7.48. The van der Waals surface area contributed by atoms with Crippen LogP contribution in [0.15, 0.2) is 30.3 Å². The Kier molecular flexibility index (Phi) is 5.32. The molecule has 1 aliphatic rings. The molecule has 1 amide bonds. The molecule has 3 unspecified atom stereocenters. The van der Waals surface area contributed by atoms with E-state index in [9.17, 15) is 9.59 Å². The summed E-state index contributed by atoms with van der Waals surface area (Å²) in [5.41, 5.74) is 0.252. The number of hydrogen-bond acceptors (Lipinski definition) is 4. The summed E-state index contributed by atoms with van der Waals surface area (Å²) in [7, 11) is 1.55. The van der Waals surface area contributed by atoms with Crippen molar-refractivity contribution in [2.24, 2.45) is 5.92 Å². The Morgan fingerprint density at radius 3 is 2.55 bits per heavy atom. The molecule has 5 nitrogen and oxygen atoms in total. The van der Waals surface area contributed by atoms with Gasteiger partial charge in [-0.3, -0.25) is 9.59 Å². The average Bonchev–Trinajstić information content (AvgIpc) is 3.26. The van der Waals surface area contributed by atoms with Crippen LogP contribution in [0.5, 0.6) is 0 Å². The van der Waals surface area contributed by atoms with Gasteiger partial charge in [0.1, 0.15) is 5.60 Å². The molecule has 0 saturated carbocycles. The third-order valence-corrected chi connectivity index (χ3v) is 3.88. The SMILES string of the molecule is COCC(C)C(=O)NC(Cc1ccccc1)C(=O)C1(C)CO1. The van der Waals surface area contributed by atoms with Crippen LogP contribution < -0.4 is 5.32 Å². The fourth-order valence-electron chi connectivity index (χ4n) is 2.32. The molecule has 1 fully saturated rings. The first-order valence-corrected chi connectivity index (χ1v) is 7.48. The third-order valence-electron chi connectivity index (χ3n) is 3.88. The average molecular weight is 305 g/mol. The van der Waals surface area contributed by atoms with Crippen LogP contribution in [0.3, 0.4) is 0 Å². The molecule has 3 atom stereocenters. The molecule has 1 N–H and O–H groups in total. The molecule has 1 aromatic carbocycles. The minimum atomic E-state index is -0.753. The summed E-state index contributed by atoms with van der Waals surface area (Å²) in [6, 6.07) is 9.07. The predicted molar refractivity (Wildman–Crippen MR) is 82.5 cm³/mol. The van der Waals surface area contributed by atoms with Crippen molar-refractivity contribution in [3.05, 3.63) is 35.9 Å². The zero-order valence-electron chi connectivity index (χ0n) is 13.3. The summed E-state index contributed by atoms with van der Waals surface area (Å²) in [4.78, 5) is 24.8. The molecule has 0 aromatic heterocycles. The molecular formula is C17H23NO4. The van der Waals surface area contributed by atoms with Gasteiger partial charge in [0.15, 0.2) is 5.78 Å². The third kappa shape index (κ3) is 4.15. The Labute approximate surface area is 131 Å². The van der Waals surface area contributed by atoms with Gasteiger partial charge in [-0.15, -0.1) is 0 Å². The van der Waals surface area contributed by atoms with Gasteiger partial charge in [-0.1, -0.05) is 37.3 Å². The van der Waals surface area contributed by atoms with Crippen LogP contribution in [0.2, 0.25) is 0 Å². The zero-order valence-corrected chi connectivity index (χ0v) is 13.3. The van der Waals surface area contributed by atoms with Gasteiger partial charge in [0.05, 0.1) is 25.2 Å². The molecule has 0 radical (unpaired) electrons. The standard InChI is InChI=1S/C17H23NO4/c1-12(10-21-3)16(20)18-14(15(19)17(2)11-22-17)9-13-7-5-4-6-8-13/h4-8,12,14H,9-11H2,1-3H3,(H,18,20). The molecule has 22 heavy (non-hydrogen) atoms. The predicted octanol–water partition coefficient (Wildman–Crippen LogP) is 1.35. The molecule has 5 heteroatoms. The van der Waals surface area contributed by atoms with Gasteiger partial charge >= 0.3 is 0 Å². The van der Waals surface area contributed by atoms with Gasteiger partial charge in [0, 0.05) is 7.11 Å². The zero-order chi connectivity index (χ0) is 16.2.